The molecule has 1 amide bonds. The number of carbonyl (C=O) groups is 1. The molecular weight excluding hydrogens is 382 g/mol. The van der Waals surface area contributed by atoms with Gasteiger partial charge in [0, 0.05) is 5.39 Å². The highest BCUT2D eigenvalue weighted by atomic mass is 16.3. The third kappa shape index (κ3) is 3.63. The van der Waals surface area contributed by atoms with Gasteiger partial charge in [-0.1, -0.05) is 32.0 Å². The summed E-state index contributed by atoms with van der Waals surface area (Å²) in [6, 6.07) is 11.2. The first-order valence-electron chi connectivity index (χ1n) is 9.79. The Morgan fingerprint density at radius 2 is 2.00 bits per heavy atom. The average molecular weight is 405 g/mol. The predicted molar refractivity (Wildman–Crippen MR) is 113 cm³/mol. The van der Waals surface area contributed by atoms with Gasteiger partial charge in [-0.2, -0.15) is 10.2 Å². The summed E-state index contributed by atoms with van der Waals surface area (Å²) in [6.07, 6.45) is 3.22. The Labute approximate surface area is 173 Å². The van der Waals surface area contributed by atoms with Crippen LogP contribution in [-0.4, -0.2) is 25.5 Å². The van der Waals surface area contributed by atoms with Gasteiger partial charge in [0.05, 0.1) is 30.4 Å². The van der Waals surface area contributed by atoms with Gasteiger partial charge in [-0.3, -0.25) is 9.59 Å². The maximum Gasteiger partial charge on any atom is 0.293 e. The highest BCUT2D eigenvalue weighted by Crippen LogP contribution is 2.24. The zero-order valence-corrected chi connectivity index (χ0v) is 17.1. The van der Waals surface area contributed by atoms with Gasteiger partial charge in [0.25, 0.3) is 5.56 Å². The van der Waals surface area contributed by atoms with Crippen LogP contribution in [0.5, 0.6) is 0 Å². The van der Waals surface area contributed by atoms with Crippen molar-refractivity contribution in [2.45, 2.75) is 39.8 Å². The minimum absolute atomic E-state index is 0.0556. The molecule has 0 fully saturated rings. The van der Waals surface area contributed by atoms with Gasteiger partial charge < -0.3 is 9.73 Å². The molecule has 0 aliphatic heterocycles. The van der Waals surface area contributed by atoms with Crippen LogP contribution in [0, 0.1) is 6.92 Å². The Bertz CT molecular complexity index is 1250. The predicted octanol–water partition coefficient (Wildman–Crippen LogP) is 2.92. The Morgan fingerprint density at radius 1 is 1.20 bits per heavy atom. The maximum absolute atomic E-state index is 13.3. The number of aryl methyl sites for hydroxylation is 1. The first kappa shape index (κ1) is 19.6. The molecule has 154 valence electrons. The fraction of sp³-hybridized carbons (Fsp3) is 0.273. The molecule has 0 atom stereocenters. The molecule has 1 N–H and O–H groups in total. The molecule has 0 saturated heterocycles. The lowest BCUT2D eigenvalue weighted by atomic mass is 10.1. The van der Waals surface area contributed by atoms with Crippen LogP contribution >= 0.6 is 0 Å². The molecule has 8 nitrogen and oxygen atoms in total. The van der Waals surface area contributed by atoms with E-state index >= 15 is 0 Å². The number of benzene rings is 1. The molecule has 30 heavy (non-hydrogen) atoms. The van der Waals surface area contributed by atoms with E-state index in [1.165, 1.54) is 4.68 Å². The van der Waals surface area contributed by atoms with E-state index in [-0.39, 0.29) is 30.5 Å². The zero-order valence-electron chi connectivity index (χ0n) is 17.1. The van der Waals surface area contributed by atoms with Crippen LogP contribution in [-0.2, 0) is 17.9 Å². The van der Waals surface area contributed by atoms with E-state index in [1.54, 1.807) is 29.3 Å². The van der Waals surface area contributed by atoms with Crippen molar-refractivity contribution >= 4 is 16.8 Å². The monoisotopic (exact) mass is 405 g/mol. The minimum atomic E-state index is -0.358. The number of furan rings is 1. The fourth-order valence-electron chi connectivity index (χ4n) is 3.40. The third-order valence-electron chi connectivity index (χ3n) is 4.93. The molecule has 0 radical (unpaired) electrons. The quantitative estimate of drug-likeness (QED) is 0.532. The molecule has 0 spiro atoms. The lowest BCUT2D eigenvalue weighted by molar-refractivity contribution is -0.122. The van der Waals surface area contributed by atoms with Crippen molar-refractivity contribution in [2.24, 2.45) is 0 Å². The summed E-state index contributed by atoms with van der Waals surface area (Å²) in [5, 5.41) is 12.4. The zero-order chi connectivity index (χ0) is 21.3. The van der Waals surface area contributed by atoms with E-state index in [2.05, 4.69) is 15.5 Å². The molecule has 4 rings (SSSR count). The Hall–Kier alpha value is -3.68. The van der Waals surface area contributed by atoms with Crippen molar-refractivity contribution in [3.05, 3.63) is 76.2 Å². The van der Waals surface area contributed by atoms with Crippen molar-refractivity contribution in [1.82, 2.24) is 24.9 Å². The number of rotatable bonds is 6. The Kier molecular flexibility index (Phi) is 5.22. The van der Waals surface area contributed by atoms with Crippen LogP contribution in [0.4, 0.5) is 0 Å². The van der Waals surface area contributed by atoms with E-state index in [1.807, 2.05) is 45.0 Å². The number of para-hydroxylation sites is 1. The number of aromatic nitrogens is 4. The first-order valence-corrected chi connectivity index (χ1v) is 9.79. The molecule has 0 bridgehead atoms. The van der Waals surface area contributed by atoms with Gasteiger partial charge in [0.1, 0.15) is 17.8 Å². The normalized spacial score (nSPS) is 11.3. The second-order valence-corrected chi connectivity index (χ2v) is 7.46. The van der Waals surface area contributed by atoms with Crippen molar-refractivity contribution in [3.8, 4) is 5.69 Å². The van der Waals surface area contributed by atoms with Crippen LogP contribution in [0.3, 0.4) is 0 Å². The van der Waals surface area contributed by atoms with E-state index < -0.39 is 0 Å². The van der Waals surface area contributed by atoms with Gasteiger partial charge in [-0.05, 0) is 36.6 Å². The molecule has 8 heteroatoms. The molecule has 4 aromatic rings. The minimum Gasteiger partial charge on any atom is -0.467 e. The lowest BCUT2D eigenvalue weighted by Crippen LogP contribution is -2.34. The molecule has 0 aliphatic rings. The number of nitrogens with one attached hydrogen (secondary N) is 1. The number of amides is 1. The van der Waals surface area contributed by atoms with Crippen molar-refractivity contribution in [2.75, 3.05) is 0 Å². The van der Waals surface area contributed by atoms with Gasteiger partial charge in [-0.15, -0.1) is 0 Å². The van der Waals surface area contributed by atoms with Gasteiger partial charge >= 0.3 is 0 Å². The van der Waals surface area contributed by atoms with Gasteiger partial charge in [0.2, 0.25) is 5.91 Å². The van der Waals surface area contributed by atoms with Gasteiger partial charge in [0.15, 0.2) is 0 Å². The van der Waals surface area contributed by atoms with Crippen LogP contribution in [0.25, 0.3) is 16.6 Å². The van der Waals surface area contributed by atoms with E-state index in [0.29, 0.717) is 16.7 Å². The summed E-state index contributed by atoms with van der Waals surface area (Å²) >= 11 is 0. The molecule has 0 aliphatic carbocycles. The first-order chi connectivity index (χ1) is 14.5. The fourth-order valence-corrected chi connectivity index (χ4v) is 3.40. The number of nitrogens with zero attached hydrogens (tertiary/aromatic N) is 4. The summed E-state index contributed by atoms with van der Waals surface area (Å²) in [5.41, 5.74) is 2.60. The van der Waals surface area contributed by atoms with Crippen molar-refractivity contribution in [3.63, 3.8) is 0 Å². The van der Waals surface area contributed by atoms with Crippen LogP contribution < -0.4 is 10.9 Å². The second kappa shape index (κ2) is 7.98. The lowest BCUT2D eigenvalue weighted by Gasteiger charge is -2.13. The topological polar surface area (TPSA) is 94.9 Å². The molecular formula is C22H23N5O3. The molecule has 0 unspecified atom stereocenters. The van der Waals surface area contributed by atoms with Crippen LogP contribution in [0.15, 0.2) is 58.1 Å². The summed E-state index contributed by atoms with van der Waals surface area (Å²) in [5.74, 6) is 0.372. The maximum atomic E-state index is 13.3. The molecule has 3 aromatic heterocycles. The van der Waals surface area contributed by atoms with Crippen molar-refractivity contribution in [1.29, 1.82) is 0 Å². The summed E-state index contributed by atoms with van der Waals surface area (Å²) in [4.78, 5) is 25.7. The summed E-state index contributed by atoms with van der Waals surface area (Å²) < 4.78 is 8.07. The number of carbonyl (C=O) groups excluding carboxylic acids is 1. The summed E-state index contributed by atoms with van der Waals surface area (Å²) in [7, 11) is 0. The number of hydrogen-bond donors (Lipinski definition) is 1. The van der Waals surface area contributed by atoms with Crippen molar-refractivity contribution < 1.29 is 9.21 Å². The van der Waals surface area contributed by atoms with Crippen LogP contribution in [0.2, 0.25) is 0 Å². The Morgan fingerprint density at radius 3 is 2.70 bits per heavy atom. The smallest absolute Gasteiger partial charge is 0.293 e. The number of hydrogen-bond acceptors (Lipinski definition) is 5. The van der Waals surface area contributed by atoms with E-state index in [9.17, 15) is 9.59 Å². The van der Waals surface area contributed by atoms with E-state index in [4.69, 9.17) is 4.42 Å². The standard InChI is InChI=1S/C22H23N5O3/c1-14(2)20-17-12-24-27(18-9-5-4-7-15(18)3)21(17)22(29)26(25-20)13-19(28)23-11-16-8-6-10-30-16/h4-10,12,14H,11,13H2,1-3H3,(H,23,28). The summed E-state index contributed by atoms with van der Waals surface area (Å²) in [6.45, 7) is 6.03. The van der Waals surface area contributed by atoms with E-state index in [0.717, 1.165) is 16.9 Å². The highest BCUT2D eigenvalue weighted by Gasteiger charge is 2.20. The molecule has 1 aromatic carbocycles. The highest BCUT2D eigenvalue weighted by molar-refractivity contribution is 5.83. The van der Waals surface area contributed by atoms with Gasteiger partial charge in [-0.25, -0.2) is 9.36 Å². The average Bonchev–Trinajstić information content (AvgIpc) is 3.39. The van der Waals surface area contributed by atoms with Crippen LogP contribution in [0.1, 0.15) is 36.8 Å². The molecule has 3 heterocycles. The largest absolute Gasteiger partial charge is 0.467 e. The molecule has 0 saturated carbocycles. The number of fused-ring (bicyclic) bond motifs is 1. The SMILES string of the molecule is Cc1ccccc1-n1ncc2c(C(C)C)nn(CC(=O)NCc3ccco3)c(=O)c21. The third-order valence-corrected chi connectivity index (χ3v) is 4.93. The Balaban J connectivity index is 1.76. The second-order valence-electron chi connectivity index (χ2n) is 7.46.